The van der Waals surface area contributed by atoms with Crippen LogP contribution in [0, 0.1) is 0 Å². The minimum Gasteiger partial charge on any atom is -0.504 e. The van der Waals surface area contributed by atoms with Crippen LogP contribution in [0.1, 0.15) is 71.9 Å². The quantitative estimate of drug-likeness (QED) is 0.169. The lowest BCUT2D eigenvalue weighted by Crippen LogP contribution is -2.07. The average molecular weight is 553 g/mol. The van der Waals surface area contributed by atoms with Gasteiger partial charge in [0.1, 0.15) is 0 Å². The number of hydrogen-bond donors (Lipinski definition) is 1. The smallest absolute Gasteiger partial charge is 0.160 e. The normalized spacial score (nSPS) is 11.1. The molecule has 178 valence electrons. The van der Waals surface area contributed by atoms with Gasteiger partial charge in [-0.15, -0.1) is 0 Å². The minimum absolute atomic E-state index is 0.0182. The van der Waals surface area contributed by atoms with Crippen LogP contribution in [-0.2, 0) is 4.79 Å². The molecule has 4 heteroatoms. The fraction of sp³-hybridized carbons (Fsp3) is 0.393. The summed E-state index contributed by atoms with van der Waals surface area (Å²) in [6.07, 6.45) is 1.25. The number of Topliss-reactive ketones (excluding diaryl/α,β-unsaturated/α-hetero) is 1. The van der Waals surface area contributed by atoms with Crippen LogP contribution in [0.15, 0.2) is 66.3 Å². The molecule has 0 saturated carbocycles. The van der Waals surface area contributed by atoms with E-state index in [0.717, 1.165) is 22.3 Å². The summed E-state index contributed by atoms with van der Waals surface area (Å²) in [6, 6.07) is 15.1. The summed E-state index contributed by atoms with van der Waals surface area (Å²) in [5.74, 6) is 0.444. The zero-order valence-electron chi connectivity index (χ0n) is 21.3. The predicted octanol–water partition coefficient (Wildman–Crippen LogP) is 8.62. The van der Waals surface area contributed by atoms with Crippen LogP contribution >= 0.6 is 22.6 Å². The number of aromatic hydroxyl groups is 1. The fourth-order valence-electron chi connectivity index (χ4n) is 2.93. The van der Waals surface area contributed by atoms with Gasteiger partial charge in [0.2, 0.25) is 0 Å². The molecule has 3 nitrogen and oxygen atoms in total. The molecule has 0 bridgehead atoms. The number of alkyl halides is 1. The lowest BCUT2D eigenvalue weighted by Gasteiger charge is -2.22. The van der Waals surface area contributed by atoms with Gasteiger partial charge in [-0.2, -0.15) is 0 Å². The number of phenolic OH excluding ortho intramolecular Hbond substituents is 1. The second-order valence-corrected chi connectivity index (χ2v) is 6.80. The number of ether oxygens (including phenoxy) is 1. The molecule has 1 atom stereocenters. The number of carbonyl (C=O) groups is 1. The lowest BCUT2D eigenvalue weighted by molar-refractivity contribution is -0.113. The van der Waals surface area contributed by atoms with Crippen molar-refractivity contribution in [2.24, 2.45) is 0 Å². The molecule has 2 aromatic carbocycles. The highest BCUT2D eigenvalue weighted by atomic mass is 127. The van der Waals surface area contributed by atoms with Crippen LogP contribution in [0.2, 0.25) is 0 Å². The van der Waals surface area contributed by atoms with E-state index in [4.69, 9.17) is 4.74 Å². The van der Waals surface area contributed by atoms with Gasteiger partial charge in [-0.25, -0.2) is 0 Å². The Morgan fingerprint density at radius 3 is 2.00 bits per heavy atom. The van der Waals surface area contributed by atoms with Gasteiger partial charge < -0.3 is 9.84 Å². The molecule has 1 unspecified atom stereocenters. The molecule has 32 heavy (non-hydrogen) atoms. The van der Waals surface area contributed by atoms with Crippen LogP contribution in [0.4, 0.5) is 0 Å². The first-order chi connectivity index (χ1) is 15.3. The number of ketones is 1. The molecule has 0 aliphatic rings. The zero-order chi connectivity index (χ0) is 25.3. The number of benzene rings is 2. The van der Waals surface area contributed by atoms with Gasteiger partial charge in [0.05, 0.1) is 7.11 Å². The van der Waals surface area contributed by atoms with Crippen LogP contribution < -0.4 is 4.74 Å². The predicted molar refractivity (Wildman–Crippen MR) is 149 cm³/mol. The van der Waals surface area contributed by atoms with E-state index in [9.17, 15) is 9.90 Å². The standard InChI is InChI=1S/C22H24O3.C3H8.C2H6.CH3I/c1-14(17(4)23)22(15(2)18-9-7-6-8-10-18)16(3)19-11-12-20(24)21(13-19)25-5;1-3-2;2*1-2/h6-13,16,24H,2H2,1,3-5H3;3H2,1-2H3;1-2H3;1H3/b22-14-;;;. The van der Waals surface area contributed by atoms with E-state index >= 15 is 0 Å². The molecule has 0 spiro atoms. The SMILES string of the molecule is C=C(/C(=C(\C)C(C)=O)C(C)c1ccc(O)c(OC)c1)c1ccccc1.CC.CCC.CI. The van der Waals surface area contributed by atoms with Gasteiger partial charge in [-0.1, -0.05) is 107 Å². The third-order valence-electron chi connectivity index (χ3n) is 4.52. The molecule has 0 heterocycles. The maximum absolute atomic E-state index is 12.1. The Labute approximate surface area is 209 Å². The highest BCUT2D eigenvalue weighted by Crippen LogP contribution is 2.38. The first kappa shape index (κ1) is 32.1. The van der Waals surface area contributed by atoms with Crippen molar-refractivity contribution in [1.29, 1.82) is 0 Å². The highest BCUT2D eigenvalue weighted by molar-refractivity contribution is 14.1. The number of rotatable bonds is 6. The van der Waals surface area contributed by atoms with Crippen molar-refractivity contribution in [3.63, 3.8) is 0 Å². The van der Waals surface area contributed by atoms with E-state index < -0.39 is 0 Å². The monoisotopic (exact) mass is 552 g/mol. The Hall–Kier alpha value is -2.08. The largest absolute Gasteiger partial charge is 0.504 e. The van der Waals surface area contributed by atoms with Crippen LogP contribution in [0.25, 0.3) is 5.57 Å². The Morgan fingerprint density at radius 2 is 1.56 bits per heavy atom. The molecule has 0 aliphatic carbocycles. The summed E-state index contributed by atoms with van der Waals surface area (Å²) < 4.78 is 5.21. The Kier molecular flexibility index (Phi) is 18.5. The van der Waals surface area contributed by atoms with E-state index in [0.29, 0.717) is 11.3 Å². The number of halogens is 1. The number of carbonyl (C=O) groups excluding carboxylic acids is 1. The van der Waals surface area contributed by atoms with Gasteiger partial charge in [0.15, 0.2) is 17.3 Å². The van der Waals surface area contributed by atoms with Crippen molar-refractivity contribution in [2.75, 3.05) is 12.0 Å². The van der Waals surface area contributed by atoms with E-state index in [2.05, 4.69) is 43.0 Å². The third-order valence-corrected chi connectivity index (χ3v) is 4.52. The second-order valence-electron chi connectivity index (χ2n) is 6.80. The summed E-state index contributed by atoms with van der Waals surface area (Å²) in [6.45, 7) is 17.9. The molecule has 0 fully saturated rings. The van der Waals surface area contributed by atoms with Gasteiger partial charge in [0, 0.05) is 5.92 Å². The summed E-state index contributed by atoms with van der Waals surface area (Å²) >= 11 is 2.15. The van der Waals surface area contributed by atoms with Crippen LogP contribution in [0.3, 0.4) is 0 Å². The van der Waals surface area contributed by atoms with Crippen molar-refractivity contribution >= 4 is 33.9 Å². The van der Waals surface area contributed by atoms with E-state index in [1.807, 2.05) is 69.0 Å². The average Bonchev–Trinajstić information content (AvgIpc) is 2.82. The van der Waals surface area contributed by atoms with Gasteiger partial charge in [-0.05, 0) is 58.8 Å². The molecule has 0 radical (unpaired) electrons. The number of phenols is 1. The molecule has 0 amide bonds. The molecule has 0 saturated heterocycles. The van der Waals surface area contributed by atoms with Gasteiger partial charge in [-0.3, -0.25) is 4.79 Å². The minimum atomic E-state index is -0.0777. The fourth-order valence-corrected chi connectivity index (χ4v) is 2.93. The van der Waals surface area contributed by atoms with E-state index in [-0.39, 0.29) is 17.5 Å². The zero-order valence-corrected chi connectivity index (χ0v) is 23.4. The van der Waals surface area contributed by atoms with Gasteiger partial charge in [0.25, 0.3) is 0 Å². The maximum Gasteiger partial charge on any atom is 0.160 e. The van der Waals surface area contributed by atoms with Crippen molar-refractivity contribution in [1.82, 2.24) is 0 Å². The van der Waals surface area contributed by atoms with Crippen molar-refractivity contribution in [3.05, 3.63) is 77.4 Å². The summed E-state index contributed by atoms with van der Waals surface area (Å²) in [4.78, 5) is 14.0. The number of hydrogen-bond acceptors (Lipinski definition) is 3. The molecule has 2 rings (SSSR count). The van der Waals surface area contributed by atoms with E-state index in [1.54, 1.807) is 19.1 Å². The topological polar surface area (TPSA) is 46.5 Å². The molecular weight excluding hydrogens is 511 g/mol. The molecule has 2 aromatic rings. The molecule has 0 aliphatic heterocycles. The first-order valence-corrected chi connectivity index (χ1v) is 13.1. The third kappa shape index (κ3) is 10.0. The number of methoxy groups -OCH3 is 1. The van der Waals surface area contributed by atoms with Crippen LogP contribution in [-0.4, -0.2) is 22.9 Å². The molecule has 1 N–H and O–H groups in total. The Bertz CT molecular complexity index is 839. The first-order valence-electron chi connectivity index (χ1n) is 11.0. The molecular formula is C28H41IO3. The Morgan fingerprint density at radius 1 is 1.06 bits per heavy atom. The van der Waals surface area contributed by atoms with Crippen molar-refractivity contribution in [2.45, 2.75) is 60.8 Å². The second kappa shape index (κ2) is 18.5. The summed E-state index contributed by atoms with van der Waals surface area (Å²) in [7, 11) is 1.52. The van der Waals surface area contributed by atoms with Crippen LogP contribution in [0.5, 0.6) is 11.5 Å². The molecule has 0 aromatic heterocycles. The van der Waals surface area contributed by atoms with E-state index in [1.165, 1.54) is 13.5 Å². The maximum atomic E-state index is 12.1. The summed E-state index contributed by atoms with van der Waals surface area (Å²) in [5.41, 5.74) is 4.34. The Balaban J connectivity index is 0. The van der Waals surface area contributed by atoms with Gasteiger partial charge >= 0.3 is 0 Å². The number of allylic oxidation sites excluding steroid dienone is 3. The lowest BCUT2D eigenvalue weighted by atomic mass is 9.82. The van der Waals surface area contributed by atoms with Crippen molar-refractivity contribution in [3.8, 4) is 11.5 Å². The summed E-state index contributed by atoms with van der Waals surface area (Å²) in [5, 5.41) is 9.83. The highest BCUT2D eigenvalue weighted by Gasteiger charge is 2.21. The van der Waals surface area contributed by atoms with Crippen molar-refractivity contribution < 1.29 is 14.6 Å².